The Morgan fingerprint density at radius 3 is 2.79 bits per heavy atom. The van der Waals surface area contributed by atoms with Crippen molar-refractivity contribution in [2.45, 2.75) is 12.5 Å². The van der Waals surface area contributed by atoms with Crippen LogP contribution in [0.5, 0.6) is 0 Å². The molecule has 1 aliphatic rings. The van der Waals surface area contributed by atoms with E-state index in [1.165, 1.54) is 0 Å². The fourth-order valence-corrected chi connectivity index (χ4v) is 1.77. The SMILES string of the molecule is O=C(O)C1CNC(c2ccncc2)C1. The summed E-state index contributed by atoms with van der Waals surface area (Å²) in [6, 6.07) is 4.00. The van der Waals surface area contributed by atoms with Gasteiger partial charge in [-0.1, -0.05) is 0 Å². The second kappa shape index (κ2) is 3.75. The largest absolute Gasteiger partial charge is 0.481 e. The molecule has 4 nitrogen and oxygen atoms in total. The number of carboxylic acid groups (broad SMARTS) is 1. The van der Waals surface area contributed by atoms with Crippen LogP contribution >= 0.6 is 0 Å². The van der Waals surface area contributed by atoms with Crippen molar-refractivity contribution in [3.05, 3.63) is 30.1 Å². The van der Waals surface area contributed by atoms with Crippen LogP contribution < -0.4 is 5.32 Å². The van der Waals surface area contributed by atoms with E-state index in [-0.39, 0.29) is 12.0 Å². The van der Waals surface area contributed by atoms with E-state index in [0.717, 1.165) is 5.56 Å². The van der Waals surface area contributed by atoms with E-state index in [2.05, 4.69) is 10.3 Å². The molecule has 74 valence electrons. The molecule has 1 aromatic heterocycles. The molecule has 2 unspecified atom stereocenters. The molecule has 0 saturated carbocycles. The number of aliphatic carboxylic acids is 1. The highest BCUT2D eigenvalue weighted by Crippen LogP contribution is 2.26. The molecule has 0 radical (unpaired) electrons. The summed E-state index contributed by atoms with van der Waals surface area (Å²) < 4.78 is 0. The fourth-order valence-electron chi connectivity index (χ4n) is 1.77. The summed E-state index contributed by atoms with van der Waals surface area (Å²) >= 11 is 0. The summed E-state index contributed by atoms with van der Waals surface area (Å²) in [7, 11) is 0. The lowest BCUT2D eigenvalue weighted by Gasteiger charge is -2.09. The van der Waals surface area contributed by atoms with Crippen molar-refractivity contribution < 1.29 is 9.90 Å². The average molecular weight is 192 g/mol. The van der Waals surface area contributed by atoms with Gasteiger partial charge in [0.25, 0.3) is 0 Å². The predicted molar refractivity (Wildman–Crippen MR) is 50.7 cm³/mol. The Labute approximate surface area is 82.0 Å². The number of carboxylic acids is 1. The van der Waals surface area contributed by atoms with Crippen molar-refractivity contribution >= 4 is 5.97 Å². The minimum absolute atomic E-state index is 0.166. The molecule has 1 aromatic rings. The van der Waals surface area contributed by atoms with Gasteiger partial charge >= 0.3 is 5.97 Å². The first-order valence-electron chi connectivity index (χ1n) is 4.63. The van der Waals surface area contributed by atoms with Crippen LogP contribution in [0.25, 0.3) is 0 Å². The minimum atomic E-state index is -0.714. The number of nitrogens with zero attached hydrogens (tertiary/aromatic N) is 1. The van der Waals surface area contributed by atoms with Crippen molar-refractivity contribution in [3.8, 4) is 0 Å². The number of hydrogen-bond acceptors (Lipinski definition) is 3. The molecule has 0 amide bonds. The molecule has 0 aliphatic carbocycles. The molecule has 1 saturated heterocycles. The van der Waals surface area contributed by atoms with Crippen LogP contribution in [-0.4, -0.2) is 22.6 Å². The highest BCUT2D eigenvalue weighted by molar-refractivity contribution is 5.70. The Bertz CT molecular complexity index is 326. The van der Waals surface area contributed by atoms with Crippen LogP contribution in [0.4, 0.5) is 0 Å². The normalized spacial score (nSPS) is 26.3. The topological polar surface area (TPSA) is 62.2 Å². The van der Waals surface area contributed by atoms with E-state index in [1.807, 2.05) is 12.1 Å². The standard InChI is InChI=1S/C10H12N2O2/c13-10(14)8-5-9(12-6-8)7-1-3-11-4-2-7/h1-4,8-9,12H,5-6H2,(H,13,14). The van der Waals surface area contributed by atoms with E-state index in [0.29, 0.717) is 13.0 Å². The molecule has 2 atom stereocenters. The van der Waals surface area contributed by atoms with Gasteiger partial charge in [0.15, 0.2) is 0 Å². The van der Waals surface area contributed by atoms with Gasteiger partial charge in [0.1, 0.15) is 0 Å². The molecule has 14 heavy (non-hydrogen) atoms. The molecule has 1 aliphatic heterocycles. The Hall–Kier alpha value is -1.42. The fraction of sp³-hybridized carbons (Fsp3) is 0.400. The summed E-state index contributed by atoms with van der Waals surface area (Å²) in [6.45, 7) is 0.558. The molecule has 2 rings (SSSR count). The van der Waals surface area contributed by atoms with Gasteiger partial charge in [0.05, 0.1) is 5.92 Å². The molecule has 4 heteroatoms. The summed E-state index contributed by atoms with van der Waals surface area (Å²) in [5.41, 5.74) is 1.11. The highest BCUT2D eigenvalue weighted by atomic mass is 16.4. The maximum Gasteiger partial charge on any atom is 0.307 e. The van der Waals surface area contributed by atoms with Gasteiger partial charge in [0, 0.05) is 25.0 Å². The quantitative estimate of drug-likeness (QED) is 0.728. The Morgan fingerprint density at radius 1 is 1.50 bits per heavy atom. The average Bonchev–Trinajstić information content (AvgIpc) is 2.68. The number of carbonyl (C=O) groups is 1. The van der Waals surface area contributed by atoms with Gasteiger partial charge in [-0.05, 0) is 24.1 Å². The molecular formula is C10H12N2O2. The lowest BCUT2D eigenvalue weighted by Crippen LogP contribution is -2.17. The Kier molecular flexibility index (Phi) is 2.45. The molecule has 0 aromatic carbocycles. The summed E-state index contributed by atoms with van der Waals surface area (Å²) in [5.74, 6) is -0.970. The maximum atomic E-state index is 10.7. The monoisotopic (exact) mass is 192 g/mol. The number of pyridine rings is 1. The third-order valence-corrected chi connectivity index (χ3v) is 2.59. The van der Waals surface area contributed by atoms with Crippen LogP contribution in [0.3, 0.4) is 0 Å². The van der Waals surface area contributed by atoms with E-state index in [1.54, 1.807) is 12.4 Å². The van der Waals surface area contributed by atoms with Crippen molar-refractivity contribution in [3.63, 3.8) is 0 Å². The molecule has 2 N–H and O–H groups in total. The van der Waals surface area contributed by atoms with Crippen LogP contribution in [0, 0.1) is 5.92 Å². The summed E-state index contributed by atoms with van der Waals surface area (Å²) in [5, 5.41) is 12.0. The van der Waals surface area contributed by atoms with Crippen molar-refractivity contribution in [1.82, 2.24) is 10.3 Å². The maximum absolute atomic E-state index is 10.7. The van der Waals surface area contributed by atoms with Gasteiger partial charge in [0.2, 0.25) is 0 Å². The smallest absolute Gasteiger partial charge is 0.307 e. The van der Waals surface area contributed by atoms with Gasteiger partial charge in [-0.15, -0.1) is 0 Å². The van der Waals surface area contributed by atoms with Crippen molar-refractivity contribution in [2.75, 3.05) is 6.54 Å². The van der Waals surface area contributed by atoms with Gasteiger partial charge in [-0.3, -0.25) is 9.78 Å². The zero-order valence-electron chi connectivity index (χ0n) is 7.68. The number of rotatable bonds is 2. The van der Waals surface area contributed by atoms with Crippen LogP contribution in [0.1, 0.15) is 18.0 Å². The van der Waals surface area contributed by atoms with Gasteiger partial charge < -0.3 is 10.4 Å². The molecule has 0 spiro atoms. The van der Waals surface area contributed by atoms with E-state index < -0.39 is 5.97 Å². The summed E-state index contributed by atoms with van der Waals surface area (Å²) in [4.78, 5) is 14.7. The lowest BCUT2D eigenvalue weighted by molar-refractivity contribution is -0.141. The minimum Gasteiger partial charge on any atom is -0.481 e. The molecular weight excluding hydrogens is 180 g/mol. The zero-order chi connectivity index (χ0) is 9.97. The number of nitrogens with one attached hydrogen (secondary N) is 1. The van der Waals surface area contributed by atoms with Gasteiger partial charge in [-0.25, -0.2) is 0 Å². The Morgan fingerprint density at radius 2 is 2.21 bits per heavy atom. The van der Waals surface area contributed by atoms with E-state index in [4.69, 9.17) is 5.11 Å². The van der Waals surface area contributed by atoms with Crippen LogP contribution in [0.15, 0.2) is 24.5 Å². The second-order valence-corrected chi connectivity index (χ2v) is 3.51. The number of aromatic nitrogens is 1. The van der Waals surface area contributed by atoms with E-state index in [9.17, 15) is 4.79 Å². The molecule has 1 fully saturated rings. The van der Waals surface area contributed by atoms with Crippen molar-refractivity contribution in [1.29, 1.82) is 0 Å². The first-order valence-corrected chi connectivity index (χ1v) is 4.63. The third kappa shape index (κ3) is 1.75. The second-order valence-electron chi connectivity index (χ2n) is 3.51. The van der Waals surface area contributed by atoms with Gasteiger partial charge in [-0.2, -0.15) is 0 Å². The number of hydrogen-bond donors (Lipinski definition) is 2. The molecule has 0 bridgehead atoms. The first-order chi connectivity index (χ1) is 6.77. The van der Waals surface area contributed by atoms with Crippen LogP contribution in [-0.2, 0) is 4.79 Å². The third-order valence-electron chi connectivity index (χ3n) is 2.59. The predicted octanol–water partition coefficient (Wildman–Crippen LogP) is 0.817. The zero-order valence-corrected chi connectivity index (χ0v) is 7.68. The Balaban J connectivity index is 2.06. The lowest BCUT2D eigenvalue weighted by atomic mass is 10.0. The summed E-state index contributed by atoms with van der Waals surface area (Å²) in [6.07, 6.45) is 4.12. The highest BCUT2D eigenvalue weighted by Gasteiger charge is 2.29. The van der Waals surface area contributed by atoms with Crippen molar-refractivity contribution in [2.24, 2.45) is 5.92 Å². The van der Waals surface area contributed by atoms with E-state index >= 15 is 0 Å². The van der Waals surface area contributed by atoms with Crippen LogP contribution in [0.2, 0.25) is 0 Å². The molecule has 2 heterocycles. The first kappa shape index (κ1) is 9.15.